The van der Waals surface area contributed by atoms with Gasteiger partial charge in [0.15, 0.2) is 5.78 Å². The van der Waals surface area contributed by atoms with Crippen molar-refractivity contribution in [2.75, 3.05) is 6.61 Å². The maximum atomic E-state index is 12.9. The minimum Gasteiger partial charge on any atom is -0.466 e. The van der Waals surface area contributed by atoms with Gasteiger partial charge in [-0.2, -0.15) is 0 Å². The molecule has 0 saturated heterocycles. The van der Waals surface area contributed by atoms with Crippen molar-refractivity contribution in [2.24, 2.45) is 0 Å². The molecule has 3 rings (SSSR count). The molecule has 0 atom stereocenters. The fourth-order valence-corrected chi connectivity index (χ4v) is 3.24. The first-order valence-corrected chi connectivity index (χ1v) is 9.17. The molecule has 0 bridgehead atoms. The largest absolute Gasteiger partial charge is 0.466 e. The van der Waals surface area contributed by atoms with Gasteiger partial charge in [0.05, 0.1) is 6.61 Å². The molecule has 2 aromatic heterocycles. The van der Waals surface area contributed by atoms with Crippen LogP contribution in [0.5, 0.6) is 0 Å². The smallest absolute Gasteiger partial charge is 0.315 e. The molecule has 0 amide bonds. The number of benzene rings is 1. The van der Waals surface area contributed by atoms with E-state index in [4.69, 9.17) is 9.15 Å². The molecule has 7 nitrogen and oxygen atoms in total. The molecule has 0 fully saturated rings. The van der Waals surface area contributed by atoms with Crippen molar-refractivity contribution in [2.45, 2.75) is 27.2 Å². The second-order valence-electron chi connectivity index (χ2n) is 5.95. The quantitative estimate of drug-likeness (QED) is 0.470. The zero-order chi connectivity index (χ0) is 19.6. The first kappa shape index (κ1) is 19.0. The molecule has 2 heterocycles. The molecular weight excluding hydrogens is 414 g/mol. The van der Waals surface area contributed by atoms with Crippen molar-refractivity contribution in [1.29, 1.82) is 0 Å². The summed E-state index contributed by atoms with van der Waals surface area (Å²) in [6.45, 7) is 5.65. The van der Waals surface area contributed by atoms with Crippen LogP contribution in [-0.2, 0) is 16.0 Å². The number of ether oxygens (including phenoxy) is 1. The number of esters is 1. The van der Waals surface area contributed by atoms with Crippen LogP contribution in [0, 0.1) is 13.8 Å². The molecule has 140 valence electrons. The normalized spacial score (nSPS) is 10.8. The predicted molar refractivity (Wildman–Crippen MR) is 101 cm³/mol. The summed E-state index contributed by atoms with van der Waals surface area (Å²) in [6.07, 6.45) is -0.0938. The topological polar surface area (TPSA) is 98.1 Å². The zero-order valence-electron chi connectivity index (χ0n) is 15.1. The third-order valence-electron chi connectivity index (χ3n) is 4.03. The van der Waals surface area contributed by atoms with E-state index in [1.165, 1.54) is 0 Å². The van der Waals surface area contributed by atoms with Gasteiger partial charge in [-0.3, -0.25) is 9.59 Å². The number of nitrogens with zero attached hydrogens (tertiary/aromatic N) is 2. The molecule has 0 spiro atoms. The van der Waals surface area contributed by atoms with Gasteiger partial charge >= 0.3 is 5.97 Å². The average molecular weight is 432 g/mol. The van der Waals surface area contributed by atoms with Crippen LogP contribution in [0.15, 0.2) is 33.2 Å². The lowest BCUT2D eigenvalue weighted by Crippen LogP contribution is -2.07. The van der Waals surface area contributed by atoms with Gasteiger partial charge in [0.25, 0.3) is 5.89 Å². The summed E-state index contributed by atoms with van der Waals surface area (Å²) < 4.78 is 11.3. The van der Waals surface area contributed by atoms with Crippen molar-refractivity contribution in [3.63, 3.8) is 0 Å². The Bertz CT molecular complexity index is 1010. The van der Waals surface area contributed by atoms with Gasteiger partial charge in [0.2, 0.25) is 5.89 Å². The third-order valence-corrected chi connectivity index (χ3v) is 4.53. The first-order valence-electron chi connectivity index (χ1n) is 8.38. The van der Waals surface area contributed by atoms with Crippen LogP contribution in [0.4, 0.5) is 0 Å². The lowest BCUT2D eigenvalue weighted by Gasteiger charge is -2.03. The number of nitrogens with one attached hydrogen (secondary N) is 1. The molecule has 27 heavy (non-hydrogen) atoms. The number of carbonyl (C=O) groups excluding carboxylic acids is 2. The lowest BCUT2D eigenvalue weighted by atomic mass is 10.00. The van der Waals surface area contributed by atoms with Crippen LogP contribution in [-0.4, -0.2) is 33.5 Å². The third kappa shape index (κ3) is 4.00. The van der Waals surface area contributed by atoms with Crippen molar-refractivity contribution in [1.82, 2.24) is 15.2 Å². The maximum Gasteiger partial charge on any atom is 0.315 e. The number of halogens is 1. The molecule has 0 unspecified atom stereocenters. The number of carbonyl (C=O) groups is 2. The van der Waals surface area contributed by atoms with E-state index in [2.05, 4.69) is 31.1 Å². The molecule has 0 aliphatic rings. The van der Waals surface area contributed by atoms with Crippen LogP contribution < -0.4 is 0 Å². The lowest BCUT2D eigenvalue weighted by molar-refractivity contribution is -0.142. The van der Waals surface area contributed by atoms with E-state index in [1.807, 2.05) is 26.0 Å². The number of rotatable bonds is 6. The Hall–Kier alpha value is -2.74. The molecule has 1 aromatic carbocycles. The average Bonchev–Trinajstić information content (AvgIpc) is 3.18. The number of H-pyrrole nitrogens is 1. The fraction of sp³-hybridized carbons (Fsp3) is 0.263. The highest BCUT2D eigenvalue weighted by molar-refractivity contribution is 9.10. The molecule has 8 heteroatoms. The molecule has 3 aromatic rings. The van der Waals surface area contributed by atoms with Crippen LogP contribution >= 0.6 is 15.9 Å². The fourth-order valence-electron chi connectivity index (χ4n) is 2.84. The van der Waals surface area contributed by atoms with E-state index in [9.17, 15) is 9.59 Å². The van der Waals surface area contributed by atoms with E-state index in [0.717, 1.165) is 4.47 Å². The molecule has 0 aliphatic heterocycles. The Morgan fingerprint density at radius 1 is 1.26 bits per heavy atom. The number of hydrogen-bond acceptors (Lipinski definition) is 6. The number of ketones is 1. The Morgan fingerprint density at radius 3 is 2.74 bits per heavy atom. The van der Waals surface area contributed by atoms with Crippen LogP contribution in [0.2, 0.25) is 0 Å². The predicted octanol–water partition coefficient (Wildman–Crippen LogP) is 3.78. The van der Waals surface area contributed by atoms with Crippen molar-refractivity contribution < 1.29 is 18.7 Å². The van der Waals surface area contributed by atoms with E-state index in [0.29, 0.717) is 28.1 Å². The van der Waals surface area contributed by atoms with Crippen LogP contribution in [0.3, 0.4) is 0 Å². The first-order chi connectivity index (χ1) is 12.9. The van der Waals surface area contributed by atoms with Gasteiger partial charge in [-0.15, -0.1) is 10.2 Å². The highest BCUT2D eigenvalue weighted by Crippen LogP contribution is 2.29. The standard InChI is InChI=1S/C19H18BrN3O4/c1-4-26-15(24)9-14-22-23-19(27-14)17-10(2)16(11(3)21-17)18(25)12-6-5-7-13(20)8-12/h5-8,21H,4,9H2,1-3H3. The van der Waals surface area contributed by atoms with Gasteiger partial charge in [-0.25, -0.2) is 0 Å². The molecular formula is C19H18BrN3O4. The number of aromatic nitrogens is 3. The highest BCUT2D eigenvalue weighted by Gasteiger charge is 2.23. The summed E-state index contributed by atoms with van der Waals surface area (Å²) in [5, 5.41) is 7.87. The highest BCUT2D eigenvalue weighted by atomic mass is 79.9. The summed E-state index contributed by atoms with van der Waals surface area (Å²) in [6, 6.07) is 7.22. The van der Waals surface area contributed by atoms with Crippen molar-refractivity contribution in [3.8, 4) is 11.6 Å². The Balaban J connectivity index is 1.91. The number of aryl methyl sites for hydroxylation is 1. The van der Waals surface area contributed by atoms with E-state index in [1.54, 1.807) is 19.1 Å². The van der Waals surface area contributed by atoms with Crippen molar-refractivity contribution in [3.05, 3.63) is 57.0 Å². The monoisotopic (exact) mass is 431 g/mol. The van der Waals surface area contributed by atoms with Gasteiger partial charge in [-0.05, 0) is 38.5 Å². The minimum absolute atomic E-state index is 0.0938. The Morgan fingerprint density at radius 2 is 2.04 bits per heavy atom. The van der Waals surface area contributed by atoms with Crippen molar-refractivity contribution >= 4 is 27.7 Å². The molecule has 1 N–H and O–H groups in total. The summed E-state index contributed by atoms with van der Waals surface area (Å²) in [5.41, 5.74) is 3.12. The van der Waals surface area contributed by atoms with Gasteiger partial charge in [0.1, 0.15) is 12.1 Å². The Kier molecular flexibility index (Phi) is 5.55. The number of aromatic amines is 1. The van der Waals surface area contributed by atoms with Gasteiger partial charge in [-0.1, -0.05) is 28.1 Å². The summed E-state index contributed by atoms with van der Waals surface area (Å²) in [4.78, 5) is 27.6. The van der Waals surface area contributed by atoms with E-state index >= 15 is 0 Å². The van der Waals surface area contributed by atoms with E-state index in [-0.39, 0.29) is 30.6 Å². The number of hydrogen-bond donors (Lipinski definition) is 1. The SMILES string of the molecule is CCOC(=O)Cc1nnc(-c2[nH]c(C)c(C(=O)c3cccc(Br)c3)c2C)o1. The van der Waals surface area contributed by atoms with E-state index < -0.39 is 5.97 Å². The zero-order valence-corrected chi connectivity index (χ0v) is 16.7. The second kappa shape index (κ2) is 7.87. The second-order valence-corrected chi connectivity index (χ2v) is 6.86. The summed E-state index contributed by atoms with van der Waals surface area (Å²) in [7, 11) is 0. The maximum absolute atomic E-state index is 12.9. The molecule has 0 aliphatic carbocycles. The minimum atomic E-state index is -0.433. The molecule has 0 radical (unpaired) electrons. The summed E-state index contributed by atoms with van der Waals surface area (Å²) in [5.74, 6) is -0.143. The Labute approximate surface area is 164 Å². The summed E-state index contributed by atoms with van der Waals surface area (Å²) >= 11 is 3.38. The van der Waals surface area contributed by atoms with Gasteiger partial charge < -0.3 is 14.1 Å². The van der Waals surface area contributed by atoms with Gasteiger partial charge in [0, 0.05) is 21.3 Å². The molecule has 0 saturated carbocycles. The van der Waals surface area contributed by atoms with Crippen LogP contribution in [0.1, 0.15) is 40.0 Å². The van der Waals surface area contributed by atoms with Crippen LogP contribution in [0.25, 0.3) is 11.6 Å².